The van der Waals surface area contributed by atoms with Gasteiger partial charge in [0.1, 0.15) is 6.61 Å². The molecule has 4 nitrogen and oxygen atoms in total. The summed E-state index contributed by atoms with van der Waals surface area (Å²) in [4.78, 5) is 0. The Morgan fingerprint density at radius 1 is 1.17 bits per heavy atom. The van der Waals surface area contributed by atoms with Crippen LogP contribution >= 0.6 is 15.9 Å². The number of nitrogens with one attached hydrogen (secondary N) is 1. The third-order valence-corrected chi connectivity index (χ3v) is 4.60. The molecule has 2 N–H and O–H groups in total. The summed E-state index contributed by atoms with van der Waals surface area (Å²) in [6, 6.07) is 14.0. The lowest BCUT2D eigenvalue weighted by Gasteiger charge is -2.17. The maximum atomic E-state index is 9.28. The highest BCUT2D eigenvalue weighted by molar-refractivity contribution is 9.10. The van der Waals surface area contributed by atoms with E-state index in [1.165, 1.54) is 0 Å². The minimum atomic E-state index is 0.0944. The topological polar surface area (TPSA) is 50.7 Å². The second-order valence-electron chi connectivity index (χ2n) is 5.54. The van der Waals surface area contributed by atoms with Gasteiger partial charge >= 0.3 is 0 Å². The highest BCUT2D eigenvalue weighted by atomic mass is 79.9. The molecule has 0 saturated carbocycles. The van der Waals surface area contributed by atoms with Crippen molar-refractivity contribution in [1.29, 1.82) is 0 Å². The molecule has 0 radical (unpaired) electrons. The van der Waals surface area contributed by atoms with Crippen molar-refractivity contribution in [2.24, 2.45) is 0 Å². The van der Waals surface area contributed by atoms with Crippen LogP contribution in [0.4, 0.5) is 0 Å². The number of hydrogen-bond acceptors (Lipinski definition) is 4. The smallest absolute Gasteiger partial charge is 0.162 e. The number of aliphatic hydroxyl groups excluding tert-OH is 1. The normalized spacial score (nSPS) is 12.0. The fourth-order valence-electron chi connectivity index (χ4n) is 2.31. The van der Waals surface area contributed by atoms with Gasteiger partial charge in [-0.25, -0.2) is 0 Å². The Hall–Kier alpha value is -1.56. The van der Waals surface area contributed by atoms with Crippen LogP contribution in [0.15, 0.2) is 46.9 Å². The average Bonchev–Trinajstić information content (AvgIpc) is 2.62. The summed E-state index contributed by atoms with van der Waals surface area (Å²) in [5.41, 5.74) is 2.17. The highest BCUT2D eigenvalue weighted by Crippen LogP contribution is 2.34. The van der Waals surface area contributed by atoms with Crippen LogP contribution in [0, 0.1) is 0 Å². The summed E-state index contributed by atoms with van der Waals surface area (Å²) in [6.45, 7) is 3.31. The molecular weight excluding hydrogens is 370 g/mol. The van der Waals surface area contributed by atoms with Crippen LogP contribution in [0.2, 0.25) is 0 Å². The van der Waals surface area contributed by atoms with Gasteiger partial charge in [-0.3, -0.25) is 0 Å². The van der Waals surface area contributed by atoms with Crippen LogP contribution in [-0.2, 0) is 13.2 Å². The van der Waals surface area contributed by atoms with Crippen LogP contribution in [0.5, 0.6) is 11.5 Å². The Labute approximate surface area is 151 Å². The van der Waals surface area contributed by atoms with E-state index in [-0.39, 0.29) is 12.6 Å². The van der Waals surface area contributed by atoms with Crippen LogP contribution in [0.3, 0.4) is 0 Å². The molecule has 0 bridgehead atoms. The summed E-state index contributed by atoms with van der Waals surface area (Å²) in [6.07, 6.45) is 0.878. The fourth-order valence-corrected chi connectivity index (χ4v) is 2.78. The van der Waals surface area contributed by atoms with Gasteiger partial charge in [0, 0.05) is 17.1 Å². The van der Waals surface area contributed by atoms with Gasteiger partial charge in [-0.15, -0.1) is 0 Å². The molecule has 0 heterocycles. The summed E-state index contributed by atoms with van der Waals surface area (Å²) in [5, 5.41) is 12.6. The molecule has 0 aliphatic heterocycles. The van der Waals surface area contributed by atoms with Crippen LogP contribution in [-0.4, -0.2) is 24.9 Å². The summed E-state index contributed by atoms with van der Waals surface area (Å²) >= 11 is 3.59. The van der Waals surface area contributed by atoms with Crippen molar-refractivity contribution in [1.82, 2.24) is 5.32 Å². The third-order valence-electron chi connectivity index (χ3n) is 3.86. The monoisotopic (exact) mass is 393 g/mol. The van der Waals surface area contributed by atoms with Crippen molar-refractivity contribution in [2.45, 2.75) is 32.5 Å². The van der Waals surface area contributed by atoms with E-state index in [1.54, 1.807) is 7.11 Å². The SMILES string of the molecule is CC[C@@H](CO)NCc1cc(OC)c(OCc2ccccc2)cc1Br. The number of benzene rings is 2. The summed E-state index contributed by atoms with van der Waals surface area (Å²) in [7, 11) is 1.64. The molecule has 2 aromatic carbocycles. The van der Waals surface area contributed by atoms with E-state index in [1.807, 2.05) is 49.4 Å². The first kappa shape index (κ1) is 18.8. The van der Waals surface area contributed by atoms with E-state index >= 15 is 0 Å². The molecular formula is C19H24BrNO3. The van der Waals surface area contributed by atoms with E-state index < -0.39 is 0 Å². The first-order valence-electron chi connectivity index (χ1n) is 8.05. The fraction of sp³-hybridized carbons (Fsp3) is 0.368. The quantitative estimate of drug-likeness (QED) is 0.678. The molecule has 0 aliphatic rings. The zero-order chi connectivity index (χ0) is 17.4. The lowest BCUT2D eigenvalue weighted by molar-refractivity contribution is 0.238. The Morgan fingerprint density at radius 2 is 1.92 bits per heavy atom. The molecule has 0 aliphatic carbocycles. The van der Waals surface area contributed by atoms with E-state index in [0.29, 0.717) is 24.7 Å². The number of rotatable bonds is 9. The molecule has 1 atom stereocenters. The van der Waals surface area contributed by atoms with E-state index in [0.717, 1.165) is 22.0 Å². The molecule has 0 aromatic heterocycles. The van der Waals surface area contributed by atoms with Gasteiger partial charge in [0.05, 0.1) is 13.7 Å². The van der Waals surface area contributed by atoms with E-state index in [4.69, 9.17) is 9.47 Å². The standard InChI is InChI=1S/C19H24BrNO3/c1-3-16(12-22)21-11-15-9-18(23-2)19(10-17(15)20)24-13-14-7-5-4-6-8-14/h4-10,16,21-22H,3,11-13H2,1-2H3/t16-/m0/s1. The largest absolute Gasteiger partial charge is 0.493 e. The molecule has 2 rings (SSSR count). The first-order valence-corrected chi connectivity index (χ1v) is 8.84. The predicted molar refractivity (Wildman–Crippen MR) is 99.5 cm³/mol. The lowest BCUT2D eigenvalue weighted by Crippen LogP contribution is -2.31. The molecule has 0 saturated heterocycles. The zero-order valence-corrected chi connectivity index (χ0v) is 15.7. The Kier molecular flexibility index (Phi) is 7.56. The minimum Gasteiger partial charge on any atom is -0.493 e. The van der Waals surface area contributed by atoms with Gasteiger partial charge in [0.15, 0.2) is 11.5 Å². The molecule has 0 unspecified atom stereocenters. The number of ether oxygens (including phenoxy) is 2. The van der Waals surface area contributed by atoms with Crippen molar-refractivity contribution >= 4 is 15.9 Å². The van der Waals surface area contributed by atoms with Gasteiger partial charge < -0.3 is 19.9 Å². The second-order valence-corrected chi connectivity index (χ2v) is 6.39. The van der Waals surface area contributed by atoms with Gasteiger partial charge in [-0.2, -0.15) is 0 Å². The first-order chi connectivity index (χ1) is 11.7. The number of halogens is 1. The van der Waals surface area contributed by atoms with E-state index in [2.05, 4.69) is 21.2 Å². The van der Waals surface area contributed by atoms with Gasteiger partial charge in [0.2, 0.25) is 0 Å². The molecule has 0 amide bonds. The maximum absolute atomic E-state index is 9.28. The van der Waals surface area contributed by atoms with Crippen LogP contribution in [0.1, 0.15) is 24.5 Å². The van der Waals surface area contributed by atoms with Gasteiger partial charge in [-0.05, 0) is 29.7 Å². The number of aliphatic hydroxyl groups is 1. The molecule has 2 aromatic rings. The minimum absolute atomic E-state index is 0.0944. The number of methoxy groups -OCH3 is 1. The van der Waals surface area contributed by atoms with Crippen LogP contribution in [0.25, 0.3) is 0 Å². The molecule has 5 heteroatoms. The summed E-state index contributed by atoms with van der Waals surface area (Å²) < 4.78 is 12.3. The molecule has 130 valence electrons. The molecule has 0 fully saturated rings. The second kappa shape index (κ2) is 9.67. The zero-order valence-electron chi connectivity index (χ0n) is 14.1. The average molecular weight is 394 g/mol. The molecule has 24 heavy (non-hydrogen) atoms. The maximum Gasteiger partial charge on any atom is 0.162 e. The van der Waals surface area contributed by atoms with E-state index in [9.17, 15) is 5.11 Å². The number of hydrogen-bond donors (Lipinski definition) is 2. The van der Waals surface area contributed by atoms with Crippen molar-refractivity contribution in [2.75, 3.05) is 13.7 Å². The van der Waals surface area contributed by atoms with Crippen molar-refractivity contribution in [3.8, 4) is 11.5 Å². The van der Waals surface area contributed by atoms with Gasteiger partial charge in [-0.1, -0.05) is 53.2 Å². The highest BCUT2D eigenvalue weighted by Gasteiger charge is 2.12. The Balaban J connectivity index is 2.08. The predicted octanol–water partition coefficient (Wildman–Crippen LogP) is 3.90. The van der Waals surface area contributed by atoms with Crippen molar-refractivity contribution in [3.63, 3.8) is 0 Å². The Bertz CT molecular complexity index is 630. The molecule has 0 spiro atoms. The third kappa shape index (κ3) is 5.23. The van der Waals surface area contributed by atoms with Gasteiger partial charge in [0.25, 0.3) is 0 Å². The lowest BCUT2D eigenvalue weighted by atomic mass is 10.1. The summed E-state index contributed by atoms with van der Waals surface area (Å²) in [5.74, 6) is 1.40. The van der Waals surface area contributed by atoms with Crippen LogP contribution < -0.4 is 14.8 Å². The van der Waals surface area contributed by atoms with Crippen molar-refractivity contribution in [3.05, 3.63) is 58.1 Å². The van der Waals surface area contributed by atoms with Crippen molar-refractivity contribution < 1.29 is 14.6 Å². The Morgan fingerprint density at radius 3 is 2.54 bits per heavy atom.